The Bertz CT molecular complexity index is 553. The number of rotatable bonds is 6. The first-order chi connectivity index (χ1) is 9.45. The van der Waals surface area contributed by atoms with E-state index < -0.39 is 16.7 Å². The van der Waals surface area contributed by atoms with Crippen LogP contribution in [-0.4, -0.2) is 35.0 Å². The molecule has 0 saturated heterocycles. The van der Waals surface area contributed by atoms with Crippen molar-refractivity contribution < 1.29 is 19.2 Å². The van der Waals surface area contributed by atoms with Crippen molar-refractivity contribution in [2.45, 2.75) is 6.92 Å². The summed E-state index contributed by atoms with van der Waals surface area (Å²) in [6.45, 7) is 1.50. The fourth-order valence-electron chi connectivity index (χ4n) is 1.27. The quantitative estimate of drug-likeness (QED) is 0.263. The van der Waals surface area contributed by atoms with Gasteiger partial charge in [-0.3, -0.25) is 24.7 Å². The van der Waals surface area contributed by atoms with Crippen molar-refractivity contribution in [2.75, 3.05) is 13.2 Å². The van der Waals surface area contributed by atoms with Crippen molar-refractivity contribution in [2.24, 2.45) is 4.99 Å². The van der Waals surface area contributed by atoms with Crippen molar-refractivity contribution >= 4 is 34.2 Å². The molecule has 0 bridgehead atoms. The highest BCUT2D eigenvalue weighted by molar-refractivity contribution is 6.85. The maximum absolute atomic E-state index is 11.8. The van der Waals surface area contributed by atoms with Gasteiger partial charge in [-0.1, -0.05) is 11.6 Å². The molecule has 1 aromatic rings. The lowest BCUT2D eigenvalue weighted by Crippen LogP contribution is -2.13. The first-order valence-electron chi connectivity index (χ1n) is 5.60. The minimum Gasteiger partial charge on any atom is -0.465 e. The molecule has 1 rings (SSSR count). The fraction of sp³-hybridized carbons (Fsp3) is 0.250. The Balaban J connectivity index is 2.76. The molecule has 8 heteroatoms. The first-order valence-corrected chi connectivity index (χ1v) is 5.98. The lowest BCUT2D eigenvalue weighted by molar-refractivity contribution is -0.384. The molecule has 0 radical (unpaired) electrons. The van der Waals surface area contributed by atoms with Gasteiger partial charge in [-0.05, 0) is 19.1 Å². The molecule has 0 aliphatic carbocycles. The van der Waals surface area contributed by atoms with Gasteiger partial charge in [0.15, 0.2) is 5.17 Å². The number of nitro groups is 1. The molecule has 0 aromatic heterocycles. The number of ether oxygens (including phenoxy) is 1. The maximum atomic E-state index is 11.8. The van der Waals surface area contributed by atoms with Crippen LogP contribution in [0.3, 0.4) is 0 Å². The SMILES string of the molecule is CCOC(=O)CN=C(Cl)C(=O)c1ccc([N+](=O)[O-])cc1. The van der Waals surface area contributed by atoms with Crippen LogP contribution in [0, 0.1) is 10.1 Å². The summed E-state index contributed by atoms with van der Waals surface area (Å²) in [5, 5.41) is 10.1. The van der Waals surface area contributed by atoms with Gasteiger partial charge in [0.25, 0.3) is 5.69 Å². The zero-order chi connectivity index (χ0) is 15.1. The Morgan fingerprint density at radius 1 is 1.35 bits per heavy atom. The predicted octanol–water partition coefficient (Wildman–Crippen LogP) is 1.98. The average Bonchev–Trinajstić information content (AvgIpc) is 2.44. The molecule has 0 heterocycles. The molecule has 20 heavy (non-hydrogen) atoms. The van der Waals surface area contributed by atoms with Crippen LogP contribution < -0.4 is 0 Å². The highest BCUT2D eigenvalue weighted by Gasteiger charge is 2.14. The predicted molar refractivity (Wildman–Crippen MR) is 72.2 cm³/mol. The third kappa shape index (κ3) is 4.43. The number of esters is 1. The van der Waals surface area contributed by atoms with E-state index in [0.717, 1.165) is 0 Å². The summed E-state index contributed by atoms with van der Waals surface area (Å²) in [6, 6.07) is 4.90. The Morgan fingerprint density at radius 2 is 1.95 bits per heavy atom. The number of ketones is 1. The van der Waals surface area contributed by atoms with Crippen LogP contribution in [0.1, 0.15) is 17.3 Å². The second-order valence-electron chi connectivity index (χ2n) is 3.55. The average molecular weight is 299 g/mol. The van der Waals surface area contributed by atoms with Gasteiger partial charge in [-0.25, -0.2) is 0 Å². The van der Waals surface area contributed by atoms with E-state index in [9.17, 15) is 19.7 Å². The number of benzene rings is 1. The number of hydrogen-bond acceptors (Lipinski definition) is 6. The van der Waals surface area contributed by atoms with E-state index in [1.54, 1.807) is 6.92 Å². The third-order valence-electron chi connectivity index (χ3n) is 2.18. The molecule has 0 fully saturated rings. The molecule has 0 aliphatic rings. The molecular formula is C12H11ClN2O5. The number of non-ortho nitro benzene ring substituents is 1. The minimum atomic E-state index is -0.620. The van der Waals surface area contributed by atoms with E-state index in [1.165, 1.54) is 24.3 Å². The van der Waals surface area contributed by atoms with Gasteiger partial charge in [0.05, 0.1) is 11.5 Å². The molecule has 0 aliphatic heterocycles. The number of nitro benzene ring substituents is 1. The maximum Gasteiger partial charge on any atom is 0.327 e. The van der Waals surface area contributed by atoms with E-state index in [0.29, 0.717) is 0 Å². The Hall–Kier alpha value is -2.28. The van der Waals surface area contributed by atoms with E-state index in [1.807, 2.05) is 0 Å². The summed E-state index contributed by atoms with van der Waals surface area (Å²) in [7, 11) is 0. The van der Waals surface area contributed by atoms with Gasteiger partial charge in [-0.2, -0.15) is 0 Å². The van der Waals surface area contributed by atoms with Crippen LogP contribution in [0.25, 0.3) is 0 Å². The van der Waals surface area contributed by atoms with E-state index in [4.69, 9.17) is 11.6 Å². The highest BCUT2D eigenvalue weighted by Crippen LogP contribution is 2.13. The van der Waals surface area contributed by atoms with Crippen LogP contribution in [0.4, 0.5) is 5.69 Å². The van der Waals surface area contributed by atoms with Crippen LogP contribution >= 0.6 is 11.6 Å². The number of halogens is 1. The number of carbonyl (C=O) groups is 2. The monoisotopic (exact) mass is 298 g/mol. The van der Waals surface area contributed by atoms with Gasteiger partial charge in [0.1, 0.15) is 6.54 Å². The van der Waals surface area contributed by atoms with Gasteiger partial charge >= 0.3 is 5.97 Å². The normalized spacial score (nSPS) is 11.0. The highest BCUT2D eigenvalue weighted by atomic mass is 35.5. The Morgan fingerprint density at radius 3 is 2.45 bits per heavy atom. The molecule has 0 unspecified atom stereocenters. The van der Waals surface area contributed by atoms with Crippen molar-refractivity contribution in [3.05, 3.63) is 39.9 Å². The van der Waals surface area contributed by atoms with E-state index in [2.05, 4.69) is 9.73 Å². The molecule has 1 aromatic carbocycles. The Labute approximate surface area is 119 Å². The number of carbonyl (C=O) groups excluding carboxylic acids is 2. The number of hydrogen-bond donors (Lipinski definition) is 0. The van der Waals surface area contributed by atoms with Gasteiger partial charge < -0.3 is 4.74 Å². The second kappa shape index (κ2) is 7.34. The lowest BCUT2D eigenvalue weighted by Gasteiger charge is -2.00. The number of aliphatic imine (C=N–C) groups is 1. The lowest BCUT2D eigenvalue weighted by atomic mass is 10.1. The Kier molecular flexibility index (Phi) is 5.79. The molecule has 106 valence electrons. The van der Waals surface area contributed by atoms with Crippen LogP contribution in [0.15, 0.2) is 29.3 Å². The number of nitrogens with zero attached hydrogens (tertiary/aromatic N) is 2. The van der Waals surface area contributed by atoms with Crippen molar-refractivity contribution in [1.82, 2.24) is 0 Å². The summed E-state index contributed by atoms with van der Waals surface area (Å²) < 4.78 is 4.63. The first kappa shape index (κ1) is 15.8. The third-order valence-corrected chi connectivity index (χ3v) is 2.47. The van der Waals surface area contributed by atoms with Crippen LogP contribution in [0.2, 0.25) is 0 Å². The zero-order valence-corrected chi connectivity index (χ0v) is 11.3. The second-order valence-corrected chi connectivity index (χ2v) is 3.90. The van der Waals surface area contributed by atoms with Crippen LogP contribution in [0.5, 0.6) is 0 Å². The largest absolute Gasteiger partial charge is 0.465 e. The summed E-state index contributed by atoms with van der Waals surface area (Å²) in [4.78, 5) is 36.4. The molecule has 0 saturated carbocycles. The summed E-state index contributed by atoms with van der Waals surface area (Å²) in [5.74, 6) is -1.21. The van der Waals surface area contributed by atoms with Gasteiger partial charge in [-0.15, -0.1) is 0 Å². The summed E-state index contributed by atoms with van der Waals surface area (Å²) in [5.41, 5.74) is 0.00865. The smallest absolute Gasteiger partial charge is 0.327 e. The van der Waals surface area contributed by atoms with Gasteiger partial charge in [0.2, 0.25) is 5.78 Å². The molecule has 7 nitrogen and oxygen atoms in total. The van der Waals surface area contributed by atoms with Gasteiger partial charge in [0, 0.05) is 17.7 Å². The van der Waals surface area contributed by atoms with Crippen molar-refractivity contribution in [3.8, 4) is 0 Å². The number of Topliss-reactive ketones (excluding diaryl/α,β-unsaturated/α-hetero) is 1. The summed E-state index contributed by atoms with van der Waals surface area (Å²) >= 11 is 5.67. The molecular weight excluding hydrogens is 288 g/mol. The van der Waals surface area contributed by atoms with Crippen molar-refractivity contribution in [3.63, 3.8) is 0 Å². The molecule has 0 spiro atoms. The fourth-order valence-corrected chi connectivity index (χ4v) is 1.43. The van der Waals surface area contributed by atoms with E-state index in [-0.39, 0.29) is 29.6 Å². The topological polar surface area (TPSA) is 98.9 Å². The van der Waals surface area contributed by atoms with E-state index >= 15 is 0 Å². The minimum absolute atomic E-state index is 0.138. The zero-order valence-electron chi connectivity index (χ0n) is 10.5. The molecule has 0 atom stereocenters. The van der Waals surface area contributed by atoms with Crippen LogP contribution in [-0.2, 0) is 9.53 Å². The van der Waals surface area contributed by atoms with Crippen molar-refractivity contribution in [1.29, 1.82) is 0 Å². The summed E-state index contributed by atoms with van der Waals surface area (Å²) in [6.07, 6.45) is 0. The molecule has 0 N–H and O–H groups in total. The molecule has 0 amide bonds. The standard InChI is InChI=1S/C12H11ClN2O5/c1-2-20-10(16)7-14-12(13)11(17)8-3-5-9(6-4-8)15(18)19/h3-6H,2,7H2,1H3.